The topological polar surface area (TPSA) is 168 Å². The Hall–Kier alpha value is -4.36. The molecular formula is C28H38N4O10. The molecular weight excluding hydrogens is 552 g/mol. The van der Waals surface area contributed by atoms with E-state index in [4.69, 9.17) is 9.47 Å². The van der Waals surface area contributed by atoms with Gasteiger partial charge in [-0.2, -0.15) is 0 Å². The first-order chi connectivity index (χ1) is 19.4. The minimum Gasteiger partial charge on any atom is -0.460 e. The number of carbonyl (C=O) groups excluding carboxylic acids is 8. The molecule has 0 aromatic carbocycles. The van der Waals surface area contributed by atoms with Gasteiger partial charge in [0.25, 0.3) is 23.6 Å². The van der Waals surface area contributed by atoms with Crippen molar-refractivity contribution in [3.63, 3.8) is 0 Å². The van der Waals surface area contributed by atoms with Crippen LogP contribution in [-0.4, -0.2) is 105 Å². The number of hydrogen-bond acceptors (Lipinski definition) is 10. The highest BCUT2D eigenvalue weighted by Crippen LogP contribution is 2.15. The van der Waals surface area contributed by atoms with E-state index < -0.39 is 71.4 Å². The summed E-state index contributed by atoms with van der Waals surface area (Å²) in [6.07, 6.45) is 2.84. The summed E-state index contributed by atoms with van der Waals surface area (Å²) in [7, 11) is 0. The fourth-order valence-corrected chi connectivity index (χ4v) is 3.92. The maximum absolute atomic E-state index is 13.5. The summed E-state index contributed by atoms with van der Waals surface area (Å²) in [4.78, 5) is 101. The second-order valence-electron chi connectivity index (χ2n) is 11.5. The number of rotatable bonds is 12. The number of imide groups is 2. The Labute approximate surface area is 244 Å². The molecule has 0 saturated heterocycles. The third-order valence-corrected chi connectivity index (χ3v) is 5.66. The van der Waals surface area contributed by atoms with Gasteiger partial charge in [0.1, 0.15) is 11.2 Å². The SMILES string of the molecule is CC(C)(C)OC(=O)CCN(C(=O)CCN1C(=O)C=CC1=O)N(CCC(=O)OC(C)(C)C)C(=O)CCN1C(=O)C=CC1=O. The molecule has 230 valence electrons. The predicted molar refractivity (Wildman–Crippen MR) is 145 cm³/mol. The van der Waals surface area contributed by atoms with Crippen LogP contribution in [0, 0.1) is 0 Å². The van der Waals surface area contributed by atoms with Crippen molar-refractivity contribution in [2.45, 2.75) is 78.4 Å². The van der Waals surface area contributed by atoms with E-state index in [-0.39, 0.29) is 39.0 Å². The molecule has 42 heavy (non-hydrogen) atoms. The molecule has 0 N–H and O–H groups in total. The third-order valence-electron chi connectivity index (χ3n) is 5.66. The molecule has 2 rings (SSSR count). The van der Waals surface area contributed by atoms with E-state index in [1.165, 1.54) is 0 Å². The molecule has 2 heterocycles. The van der Waals surface area contributed by atoms with Gasteiger partial charge in [0, 0.05) is 50.2 Å². The Bertz CT molecular complexity index is 1060. The molecule has 0 fully saturated rings. The number of esters is 2. The van der Waals surface area contributed by atoms with Crippen molar-refractivity contribution < 1.29 is 47.8 Å². The van der Waals surface area contributed by atoms with Gasteiger partial charge in [-0.15, -0.1) is 0 Å². The van der Waals surface area contributed by atoms with E-state index in [1.54, 1.807) is 41.5 Å². The van der Waals surface area contributed by atoms with Gasteiger partial charge < -0.3 is 9.47 Å². The van der Waals surface area contributed by atoms with Crippen LogP contribution in [0.4, 0.5) is 0 Å². The fraction of sp³-hybridized carbons (Fsp3) is 0.571. The maximum Gasteiger partial charge on any atom is 0.308 e. The fourth-order valence-electron chi connectivity index (χ4n) is 3.92. The molecule has 0 spiro atoms. The molecule has 6 amide bonds. The number of amides is 6. The number of hydrazine groups is 1. The Balaban J connectivity index is 2.29. The average molecular weight is 591 g/mol. The van der Waals surface area contributed by atoms with Crippen LogP contribution in [0.15, 0.2) is 24.3 Å². The van der Waals surface area contributed by atoms with Crippen LogP contribution in [0.3, 0.4) is 0 Å². The Kier molecular flexibility index (Phi) is 11.3. The first-order valence-electron chi connectivity index (χ1n) is 13.5. The van der Waals surface area contributed by atoms with Crippen molar-refractivity contribution in [2.75, 3.05) is 26.2 Å². The van der Waals surface area contributed by atoms with Crippen molar-refractivity contribution in [1.82, 2.24) is 19.8 Å². The minimum atomic E-state index is -0.815. The van der Waals surface area contributed by atoms with Gasteiger partial charge >= 0.3 is 11.9 Å². The van der Waals surface area contributed by atoms with Gasteiger partial charge in [0.2, 0.25) is 11.8 Å². The molecule has 14 nitrogen and oxygen atoms in total. The summed E-state index contributed by atoms with van der Waals surface area (Å²) >= 11 is 0. The first-order valence-corrected chi connectivity index (χ1v) is 13.5. The quantitative estimate of drug-likeness (QED) is 0.179. The van der Waals surface area contributed by atoms with Gasteiger partial charge in [-0.25, -0.2) is 0 Å². The zero-order valence-electron chi connectivity index (χ0n) is 24.8. The van der Waals surface area contributed by atoms with Gasteiger partial charge in [-0.3, -0.25) is 58.2 Å². The Morgan fingerprint density at radius 3 is 1.12 bits per heavy atom. The third kappa shape index (κ3) is 10.6. The number of hydrogen-bond donors (Lipinski definition) is 0. The highest BCUT2D eigenvalue weighted by atomic mass is 16.6. The van der Waals surface area contributed by atoms with Gasteiger partial charge in [0.05, 0.1) is 25.9 Å². The monoisotopic (exact) mass is 590 g/mol. The number of ether oxygens (including phenoxy) is 2. The van der Waals surface area contributed by atoms with Crippen LogP contribution in [0.2, 0.25) is 0 Å². The summed E-state index contributed by atoms with van der Waals surface area (Å²) < 4.78 is 10.6. The summed E-state index contributed by atoms with van der Waals surface area (Å²) in [6.45, 7) is 8.74. The lowest BCUT2D eigenvalue weighted by Gasteiger charge is -2.36. The van der Waals surface area contributed by atoms with Crippen LogP contribution >= 0.6 is 0 Å². The Morgan fingerprint density at radius 2 is 0.857 bits per heavy atom. The van der Waals surface area contributed by atoms with E-state index in [0.29, 0.717) is 0 Å². The molecule has 0 saturated carbocycles. The molecule has 2 aliphatic rings. The van der Waals surface area contributed by atoms with Crippen LogP contribution in [0.5, 0.6) is 0 Å². The normalized spacial score (nSPS) is 15.0. The largest absolute Gasteiger partial charge is 0.460 e. The van der Waals surface area contributed by atoms with Gasteiger partial charge in [-0.1, -0.05) is 0 Å². The molecule has 0 aromatic rings. The highest BCUT2D eigenvalue weighted by molar-refractivity contribution is 6.13. The van der Waals surface area contributed by atoms with Crippen LogP contribution < -0.4 is 0 Å². The zero-order chi connectivity index (χ0) is 31.8. The van der Waals surface area contributed by atoms with Crippen LogP contribution in [0.1, 0.15) is 67.2 Å². The zero-order valence-corrected chi connectivity index (χ0v) is 24.8. The van der Waals surface area contributed by atoms with Gasteiger partial charge in [-0.05, 0) is 41.5 Å². The van der Waals surface area contributed by atoms with Crippen molar-refractivity contribution in [3.05, 3.63) is 24.3 Å². The van der Waals surface area contributed by atoms with Crippen LogP contribution in [0.25, 0.3) is 0 Å². The first kappa shape index (κ1) is 33.8. The smallest absolute Gasteiger partial charge is 0.308 e. The van der Waals surface area contributed by atoms with Crippen LogP contribution in [-0.2, 0) is 47.8 Å². The van der Waals surface area contributed by atoms with E-state index in [0.717, 1.165) is 44.1 Å². The van der Waals surface area contributed by atoms with E-state index in [1.807, 2.05) is 0 Å². The van der Waals surface area contributed by atoms with Gasteiger partial charge in [0.15, 0.2) is 0 Å². The molecule has 2 aliphatic heterocycles. The van der Waals surface area contributed by atoms with E-state index in [9.17, 15) is 38.4 Å². The summed E-state index contributed by atoms with van der Waals surface area (Å²) in [5.41, 5.74) is -1.63. The predicted octanol–water partition coefficient (Wildman–Crippen LogP) is 0.652. The molecule has 14 heteroatoms. The number of nitrogens with zero attached hydrogens (tertiary/aromatic N) is 4. The average Bonchev–Trinajstić information content (AvgIpc) is 3.34. The lowest BCUT2D eigenvalue weighted by atomic mass is 10.2. The Morgan fingerprint density at radius 1 is 0.571 bits per heavy atom. The molecule has 0 unspecified atom stereocenters. The second kappa shape index (κ2) is 14.0. The van der Waals surface area contributed by atoms with E-state index in [2.05, 4.69) is 0 Å². The maximum atomic E-state index is 13.5. The molecule has 0 atom stereocenters. The molecule has 0 bridgehead atoms. The van der Waals surface area contributed by atoms with Crippen molar-refractivity contribution in [3.8, 4) is 0 Å². The molecule has 0 aliphatic carbocycles. The standard InChI is InChI=1S/C28H38N4O10/c1-27(2,3)41-25(39)13-17-31(23(37)11-15-29-19(33)7-8-20(29)34)32(18-14-26(40)42-28(4,5)6)24(38)12-16-30-21(35)9-10-22(30)36/h7-10H,11-18H2,1-6H3. The lowest BCUT2D eigenvalue weighted by Crippen LogP contribution is -2.52. The van der Waals surface area contributed by atoms with Crippen molar-refractivity contribution in [1.29, 1.82) is 0 Å². The second-order valence-corrected chi connectivity index (χ2v) is 11.5. The van der Waals surface area contributed by atoms with Crippen molar-refractivity contribution in [2.24, 2.45) is 0 Å². The minimum absolute atomic E-state index is 0.289. The summed E-state index contributed by atoms with van der Waals surface area (Å²) in [6, 6.07) is 0. The van der Waals surface area contributed by atoms with Crippen molar-refractivity contribution >= 4 is 47.4 Å². The summed E-state index contributed by atoms with van der Waals surface area (Å²) in [5, 5.41) is 1.92. The summed E-state index contributed by atoms with van der Waals surface area (Å²) in [5.74, 6) is -5.16. The molecule has 0 radical (unpaired) electrons. The van der Waals surface area contributed by atoms with E-state index >= 15 is 0 Å². The highest BCUT2D eigenvalue weighted by Gasteiger charge is 2.32. The lowest BCUT2D eigenvalue weighted by molar-refractivity contribution is -0.171. The molecule has 0 aromatic heterocycles. The number of carbonyl (C=O) groups is 8.